The van der Waals surface area contributed by atoms with Gasteiger partial charge in [0.2, 0.25) is 11.8 Å². The minimum absolute atomic E-state index is 0.0535. The summed E-state index contributed by atoms with van der Waals surface area (Å²) >= 11 is 0. The summed E-state index contributed by atoms with van der Waals surface area (Å²) < 4.78 is 28.6. The number of rotatable bonds is 15. The van der Waals surface area contributed by atoms with Crippen LogP contribution in [0.2, 0.25) is 0 Å². The highest BCUT2D eigenvalue weighted by Crippen LogP contribution is 2.44. The first kappa shape index (κ1) is 51.2. The Labute approximate surface area is 426 Å². The summed E-state index contributed by atoms with van der Waals surface area (Å²) in [5, 5.41) is 7.41. The van der Waals surface area contributed by atoms with E-state index in [1.807, 2.05) is 42.0 Å². The Balaban J connectivity index is 0.956. The minimum atomic E-state index is -0.994. The number of aromatic nitrogens is 4. The maximum Gasteiger partial charge on any atom is 0.407 e. The van der Waals surface area contributed by atoms with Gasteiger partial charge in [-0.2, -0.15) is 0 Å². The van der Waals surface area contributed by atoms with Crippen LogP contribution in [0.3, 0.4) is 0 Å². The molecule has 3 aromatic carbocycles. The Morgan fingerprint density at radius 1 is 0.918 bits per heavy atom. The van der Waals surface area contributed by atoms with Crippen molar-refractivity contribution in [1.29, 1.82) is 0 Å². The molecule has 5 aromatic rings. The van der Waals surface area contributed by atoms with E-state index in [2.05, 4.69) is 84.9 Å². The molecule has 4 N–H and O–H groups in total. The van der Waals surface area contributed by atoms with Gasteiger partial charge in [-0.3, -0.25) is 9.59 Å². The van der Waals surface area contributed by atoms with E-state index in [1.54, 1.807) is 6.08 Å². The minimum Gasteiger partial charge on any atom is -0.488 e. The number of alkyl carbamates (subject to hydrolysis) is 2. The number of nitrogens with zero attached hydrogens (tertiary/aromatic N) is 4. The molecule has 11 atom stereocenters. The SMILES string of the molecule is C=C[C@@H]1CC([C@H](NC(=O)OC)C(=O)N2[C@@H](C)CC[C@H]2c2ncc(-c3ccc4c(c3)COc3cc5c(ccc6[nH]c(CN(C(=O)[C@H](C=C)NC(=O)OC)[C@H](CC)CC7CC[C@@H](C)O[C@@H]7C)nc65)cc3-4)[nH]2)C[C@@H](C)O1. The number of carbonyl (C=O) groups is 4. The predicted molar refractivity (Wildman–Crippen MR) is 277 cm³/mol. The van der Waals surface area contributed by atoms with E-state index < -0.39 is 24.3 Å². The number of methoxy groups -OCH3 is 2. The van der Waals surface area contributed by atoms with Crippen molar-refractivity contribution < 1.29 is 42.9 Å². The molecule has 0 saturated carbocycles. The third kappa shape index (κ3) is 10.6. The van der Waals surface area contributed by atoms with Crippen molar-refractivity contribution in [2.24, 2.45) is 11.8 Å². The Morgan fingerprint density at radius 3 is 2.45 bits per heavy atom. The first-order chi connectivity index (χ1) is 35.2. The number of aromatic amines is 2. The molecular formula is C56H70N8O9. The highest BCUT2D eigenvalue weighted by atomic mass is 16.5. The number of carbonyl (C=O) groups excluding carboxylic acids is 4. The topological polar surface area (TPSA) is 202 Å². The number of nitrogens with one attached hydrogen (secondary N) is 4. The molecule has 3 saturated heterocycles. The number of imidazole rings is 2. The fourth-order valence-corrected chi connectivity index (χ4v) is 11.8. The maximum atomic E-state index is 14.6. The van der Waals surface area contributed by atoms with Gasteiger partial charge in [0.1, 0.15) is 36.1 Å². The lowest BCUT2D eigenvalue weighted by Crippen LogP contribution is -2.55. The van der Waals surface area contributed by atoms with Crippen LogP contribution in [0.15, 0.2) is 74.0 Å². The molecule has 17 heteroatoms. The third-order valence-electron chi connectivity index (χ3n) is 15.7. The molecule has 388 valence electrons. The average molecular weight is 999 g/mol. The second-order valence-corrected chi connectivity index (χ2v) is 20.4. The molecule has 0 bridgehead atoms. The predicted octanol–water partition coefficient (Wildman–Crippen LogP) is 9.42. The first-order valence-corrected chi connectivity index (χ1v) is 25.8. The smallest absolute Gasteiger partial charge is 0.407 e. The molecule has 2 aromatic heterocycles. The number of H-pyrrole nitrogens is 2. The van der Waals surface area contributed by atoms with Crippen LogP contribution in [-0.2, 0) is 41.7 Å². The van der Waals surface area contributed by atoms with Crippen molar-refractivity contribution in [3.8, 4) is 28.1 Å². The second-order valence-electron chi connectivity index (χ2n) is 20.4. The van der Waals surface area contributed by atoms with Crippen LogP contribution in [0.4, 0.5) is 9.59 Å². The number of hydrogen-bond donors (Lipinski definition) is 4. The molecule has 73 heavy (non-hydrogen) atoms. The fraction of sp³-hybridized carbons (Fsp3) is 0.500. The molecule has 4 amide bonds. The van der Waals surface area contributed by atoms with E-state index in [1.165, 1.54) is 20.3 Å². The molecule has 4 aliphatic rings. The Hall–Kier alpha value is -6.72. The molecule has 6 heterocycles. The van der Waals surface area contributed by atoms with Gasteiger partial charge in [0.15, 0.2) is 0 Å². The monoisotopic (exact) mass is 999 g/mol. The van der Waals surface area contributed by atoms with Crippen LogP contribution in [-0.4, -0.2) is 117 Å². The van der Waals surface area contributed by atoms with Crippen molar-refractivity contribution in [3.63, 3.8) is 0 Å². The zero-order valence-corrected chi connectivity index (χ0v) is 43.1. The summed E-state index contributed by atoms with van der Waals surface area (Å²) in [6, 6.07) is 12.3. The zero-order chi connectivity index (χ0) is 51.7. The normalized spacial score (nSPS) is 24.8. The number of benzene rings is 3. The van der Waals surface area contributed by atoms with Crippen molar-refractivity contribution in [2.45, 2.75) is 154 Å². The van der Waals surface area contributed by atoms with E-state index in [9.17, 15) is 19.2 Å². The summed E-state index contributed by atoms with van der Waals surface area (Å²) in [5.41, 5.74) is 6.39. The summed E-state index contributed by atoms with van der Waals surface area (Å²) in [6.45, 7) is 18.6. The highest BCUT2D eigenvalue weighted by molar-refractivity contribution is 6.07. The van der Waals surface area contributed by atoms with Crippen molar-refractivity contribution in [2.75, 3.05) is 14.2 Å². The van der Waals surface area contributed by atoms with E-state index in [4.69, 9.17) is 33.7 Å². The van der Waals surface area contributed by atoms with Crippen LogP contribution >= 0.6 is 0 Å². The molecule has 17 nitrogen and oxygen atoms in total. The lowest BCUT2D eigenvalue weighted by Gasteiger charge is -2.39. The number of fused-ring (bicyclic) bond motifs is 6. The lowest BCUT2D eigenvalue weighted by molar-refractivity contribution is -0.140. The first-order valence-electron chi connectivity index (χ1n) is 25.8. The van der Waals surface area contributed by atoms with Gasteiger partial charge in [0, 0.05) is 23.0 Å². The van der Waals surface area contributed by atoms with Gasteiger partial charge in [-0.05, 0) is 137 Å². The molecule has 9 rings (SSSR count). The summed E-state index contributed by atoms with van der Waals surface area (Å²) in [7, 11) is 2.57. The largest absolute Gasteiger partial charge is 0.488 e. The van der Waals surface area contributed by atoms with Crippen LogP contribution in [0, 0.1) is 11.8 Å². The molecule has 2 unspecified atom stereocenters. The number of ether oxygens (including phenoxy) is 5. The van der Waals surface area contributed by atoms with Gasteiger partial charge in [-0.15, -0.1) is 13.2 Å². The van der Waals surface area contributed by atoms with Gasteiger partial charge in [-0.25, -0.2) is 19.6 Å². The summed E-state index contributed by atoms with van der Waals surface area (Å²) in [6.07, 6.45) is 9.64. The van der Waals surface area contributed by atoms with Gasteiger partial charge in [0.25, 0.3) is 0 Å². The maximum absolute atomic E-state index is 14.6. The summed E-state index contributed by atoms with van der Waals surface area (Å²) in [5.74, 6) is 1.68. The Kier molecular flexibility index (Phi) is 15.3. The molecule has 4 aliphatic heterocycles. The standard InChI is InChI=1S/C56H70N8O9/c1-10-39(23-34-15-14-31(5)72-33(34)7)63(53(65)44(12-3)60-55(67)69-8)28-49-58-45-19-17-35-25-43-41-18-16-36(22-38(41)29-71-48(43)26-42(35)51(45)61-49)46-27-57-52(59-46)47-20-13-30(4)64(47)54(66)50(62-56(68)70-9)37-21-32(6)73-40(11-2)24-37/h11-12,16-19,22,25-27,30-34,37,39-40,44,47,50H,2-3,10,13-15,20-21,23-24,28-29H2,1,4-9H3,(H,57,59)(H,58,61)(H,60,67)(H,62,68)/t30-,31+,32+,33+,34?,37?,39+,40+,44-,47-,50-/m0/s1. The van der Waals surface area contributed by atoms with Crippen molar-refractivity contribution >= 4 is 45.8 Å². The van der Waals surface area contributed by atoms with E-state index in [0.29, 0.717) is 37.5 Å². The van der Waals surface area contributed by atoms with Crippen LogP contribution in [0.1, 0.15) is 109 Å². The summed E-state index contributed by atoms with van der Waals surface area (Å²) in [4.78, 5) is 74.7. The van der Waals surface area contributed by atoms with Crippen LogP contribution in [0.25, 0.3) is 44.2 Å². The van der Waals surface area contributed by atoms with Crippen LogP contribution < -0.4 is 15.4 Å². The van der Waals surface area contributed by atoms with E-state index >= 15 is 0 Å². The molecule has 0 spiro atoms. The van der Waals surface area contributed by atoms with Crippen LogP contribution in [0.5, 0.6) is 5.75 Å². The van der Waals surface area contributed by atoms with Crippen molar-refractivity contribution in [3.05, 3.63) is 91.2 Å². The van der Waals surface area contributed by atoms with Gasteiger partial charge >= 0.3 is 12.2 Å². The van der Waals surface area contributed by atoms with Gasteiger partial charge < -0.3 is 54.1 Å². The molecular weight excluding hydrogens is 929 g/mol. The average Bonchev–Trinajstić information content (AvgIpc) is 4.16. The van der Waals surface area contributed by atoms with Crippen molar-refractivity contribution in [1.82, 2.24) is 40.4 Å². The molecule has 0 radical (unpaired) electrons. The number of likely N-dealkylation sites (tertiary alicyclic amines) is 1. The quantitative estimate of drug-likeness (QED) is 0.0728. The zero-order valence-electron chi connectivity index (χ0n) is 43.1. The second kappa shape index (κ2) is 21.8. The van der Waals surface area contributed by atoms with Gasteiger partial charge in [0.05, 0.1) is 74.1 Å². The van der Waals surface area contributed by atoms with E-state index in [-0.39, 0.29) is 72.7 Å². The third-order valence-corrected chi connectivity index (χ3v) is 15.7. The molecule has 0 aliphatic carbocycles. The number of amides is 4. The van der Waals surface area contributed by atoms with Gasteiger partial charge in [-0.1, -0.05) is 37.3 Å². The number of hydrogen-bond acceptors (Lipinski definition) is 11. The lowest BCUT2D eigenvalue weighted by atomic mass is 9.85. The Bertz CT molecular complexity index is 2880. The fourth-order valence-electron chi connectivity index (χ4n) is 11.8. The molecule has 3 fully saturated rings. The Morgan fingerprint density at radius 2 is 1.71 bits per heavy atom. The highest BCUT2D eigenvalue weighted by Gasteiger charge is 2.45. The van der Waals surface area contributed by atoms with E-state index in [0.717, 1.165) is 87.6 Å².